The quantitative estimate of drug-likeness (QED) is 0.847. The number of hydrogen-bond donors (Lipinski definition) is 1. The Morgan fingerprint density at radius 2 is 2.05 bits per heavy atom. The minimum atomic E-state index is 0. The van der Waals surface area contributed by atoms with Gasteiger partial charge in [-0.3, -0.25) is 4.79 Å². The van der Waals surface area contributed by atoms with Gasteiger partial charge >= 0.3 is 0 Å². The molecular formula is C15H29ClN2OS. The van der Waals surface area contributed by atoms with Gasteiger partial charge in [0.25, 0.3) is 0 Å². The van der Waals surface area contributed by atoms with Crippen molar-refractivity contribution in [3.63, 3.8) is 0 Å². The Morgan fingerprint density at radius 3 is 2.65 bits per heavy atom. The third kappa shape index (κ3) is 4.54. The second-order valence-corrected chi connectivity index (χ2v) is 7.69. The first-order valence-electron chi connectivity index (χ1n) is 7.74. The molecule has 3 nitrogen and oxygen atoms in total. The van der Waals surface area contributed by atoms with Crippen molar-refractivity contribution in [1.29, 1.82) is 0 Å². The van der Waals surface area contributed by atoms with Crippen molar-refractivity contribution in [3.8, 4) is 0 Å². The fourth-order valence-corrected chi connectivity index (χ4v) is 4.68. The average Bonchev–Trinajstić information content (AvgIpc) is 2.99. The second-order valence-electron chi connectivity index (χ2n) is 6.11. The number of nitrogens with zero attached hydrogens (tertiary/aromatic N) is 1. The van der Waals surface area contributed by atoms with Crippen LogP contribution in [0.2, 0.25) is 0 Å². The zero-order valence-electron chi connectivity index (χ0n) is 12.7. The molecule has 0 spiro atoms. The van der Waals surface area contributed by atoms with Crippen molar-refractivity contribution in [2.45, 2.75) is 69.2 Å². The molecule has 0 saturated heterocycles. The molecule has 4 atom stereocenters. The van der Waals surface area contributed by atoms with Crippen LogP contribution in [0.5, 0.6) is 0 Å². The molecule has 2 rings (SSSR count). The molecule has 2 fully saturated rings. The van der Waals surface area contributed by atoms with Gasteiger partial charge in [-0.2, -0.15) is 11.8 Å². The van der Waals surface area contributed by atoms with E-state index in [-0.39, 0.29) is 18.4 Å². The number of thioether (sulfide) groups is 1. The lowest BCUT2D eigenvalue weighted by Crippen LogP contribution is -2.38. The number of halogens is 1. The Balaban J connectivity index is 0.00000200. The Labute approximate surface area is 133 Å². The smallest absolute Gasteiger partial charge is 0.222 e. The Kier molecular flexibility index (Phi) is 7.70. The monoisotopic (exact) mass is 320 g/mol. The third-order valence-electron chi connectivity index (χ3n) is 4.85. The number of amides is 1. The van der Waals surface area contributed by atoms with Gasteiger partial charge in [-0.05, 0) is 43.8 Å². The molecule has 20 heavy (non-hydrogen) atoms. The van der Waals surface area contributed by atoms with Gasteiger partial charge in [0.05, 0.1) is 0 Å². The zero-order valence-corrected chi connectivity index (χ0v) is 14.3. The molecule has 0 radical (unpaired) electrons. The molecule has 118 valence electrons. The summed E-state index contributed by atoms with van der Waals surface area (Å²) in [6.45, 7) is 2.22. The van der Waals surface area contributed by atoms with Crippen LogP contribution in [0, 0.1) is 5.92 Å². The van der Waals surface area contributed by atoms with Crippen LogP contribution in [-0.2, 0) is 4.79 Å². The topological polar surface area (TPSA) is 46.3 Å². The van der Waals surface area contributed by atoms with Crippen LogP contribution in [0.4, 0.5) is 0 Å². The van der Waals surface area contributed by atoms with E-state index in [0.29, 0.717) is 24.3 Å². The summed E-state index contributed by atoms with van der Waals surface area (Å²) in [6, 6.07) is 0.721. The lowest BCUT2D eigenvalue weighted by Gasteiger charge is -2.27. The van der Waals surface area contributed by atoms with Crippen molar-refractivity contribution in [3.05, 3.63) is 0 Å². The number of carbonyl (C=O) groups is 1. The van der Waals surface area contributed by atoms with Crippen molar-refractivity contribution in [2.24, 2.45) is 11.7 Å². The summed E-state index contributed by atoms with van der Waals surface area (Å²) in [4.78, 5) is 14.4. The van der Waals surface area contributed by atoms with E-state index in [4.69, 9.17) is 5.73 Å². The maximum absolute atomic E-state index is 12.4. The average molecular weight is 321 g/mol. The van der Waals surface area contributed by atoms with Crippen LogP contribution in [-0.4, -0.2) is 40.9 Å². The molecule has 1 amide bonds. The lowest BCUT2D eigenvalue weighted by atomic mass is 9.99. The van der Waals surface area contributed by atoms with Crippen LogP contribution in [0.15, 0.2) is 0 Å². The summed E-state index contributed by atoms with van der Waals surface area (Å²) in [5.74, 6) is 1.93. The molecule has 0 heterocycles. The van der Waals surface area contributed by atoms with Crippen LogP contribution in [0.1, 0.15) is 51.9 Å². The highest BCUT2D eigenvalue weighted by Crippen LogP contribution is 2.33. The maximum atomic E-state index is 12.4. The van der Waals surface area contributed by atoms with Crippen LogP contribution in [0.25, 0.3) is 0 Å². The normalized spacial score (nSPS) is 33.0. The second kappa shape index (κ2) is 8.50. The lowest BCUT2D eigenvalue weighted by molar-refractivity contribution is -0.132. The van der Waals surface area contributed by atoms with Crippen LogP contribution >= 0.6 is 24.2 Å². The van der Waals surface area contributed by atoms with Crippen molar-refractivity contribution in [1.82, 2.24) is 4.90 Å². The highest BCUT2D eigenvalue weighted by atomic mass is 35.5. The van der Waals surface area contributed by atoms with Gasteiger partial charge in [-0.25, -0.2) is 0 Å². The van der Waals surface area contributed by atoms with Gasteiger partial charge in [0.15, 0.2) is 0 Å². The van der Waals surface area contributed by atoms with E-state index in [2.05, 4.69) is 6.92 Å². The predicted octanol–water partition coefficient (Wildman–Crippen LogP) is 3.06. The first kappa shape index (κ1) is 18.1. The van der Waals surface area contributed by atoms with Crippen molar-refractivity contribution < 1.29 is 4.79 Å². The maximum Gasteiger partial charge on any atom is 0.222 e. The molecule has 2 aliphatic carbocycles. The molecular weight excluding hydrogens is 292 g/mol. The summed E-state index contributed by atoms with van der Waals surface area (Å²) in [5.41, 5.74) is 6.07. The molecule has 5 heteroatoms. The fraction of sp³-hybridized carbons (Fsp3) is 0.933. The third-order valence-corrected chi connectivity index (χ3v) is 6.09. The summed E-state index contributed by atoms with van der Waals surface area (Å²) in [5, 5.41) is 0.763. The number of rotatable bonds is 5. The summed E-state index contributed by atoms with van der Waals surface area (Å²) in [7, 11) is 1.99. The van der Waals surface area contributed by atoms with Gasteiger partial charge in [0.2, 0.25) is 5.91 Å². The summed E-state index contributed by atoms with van der Waals surface area (Å²) >= 11 is 2.05. The largest absolute Gasteiger partial charge is 0.343 e. The van der Waals surface area contributed by atoms with Gasteiger partial charge in [-0.15, -0.1) is 12.4 Å². The molecule has 0 aliphatic heterocycles. The van der Waals surface area contributed by atoms with E-state index in [1.54, 1.807) is 0 Å². The van der Waals surface area contributed by atoms with E-state index >= 15 is 0 Å². The van der Waals surface area contributed by atoms with E-state index in [0.717, 1.165) is 18.1 Å². The van der Waals surface area contributed by atoms with E-state index in [1.807, 2.05) is 23.7 Å². The first-order chi connectivity index (χ1) is 9.11. The Morgan fingerprint density at radius 1 is 1.30 bits per heavy atom. The molecule has 2 unspecified atom stereocenters. The number of nitrogens with two attached hydrogens (primary N) is 1. The standard InChI is InChI=1S/C15H28N2OS.ClH/c1-3-19-13-8-7-12(10-13)17(2)15(18)9-11-5-4-6-14(11)16;/h11-14H,3-10,16H2,1-2H3;1H/t11-,12?,13?,14+;/m0./s1. The van der Waals surface area contributed by atoms with E-state index in [9.17, 15) is 4.79 Å². The van der Waals surface area contributed by atoms with Gasteiger partial charge in [0, 0.05) is 30.8 Å². The van der Waals surface area contributed by atoms with Gasteiger partial charge in [0.1, 0.15) is 0 Å². The molecule has 2 saturated carbocycles. The number of carbonyl (C=O) groups excluding carboxylic acids is 1. The minimum Gasteiger partial charge on any atom is -0.343 e. The van der Waals surface area contributed by atoms with E-state index < -0.39 is 0 Å². The highest BCUT2D eigenvalue weighted by Gasteiger charge is 2.32. The van der Waals surface area contributed by atoms with Gasteiger partial charge < -0.3 is 10.6 Å². The first-order valence-corrected chi connectivity index (χ1v) is 8.79. The molecule has 2 N–H and O–H groups in total. The van der Waals surface area contributed by atoms with Gasteiger partial charge in [-0.1, -0.05) is 13.3 Å². The van der Waals surface area contributed by atoms with Crippen molar-refractivity contribution >= 4 is 30.1 Å². The Bertz CT molecular complexity index is 316. The summed E-state index contributed by atoms with van der Waals surface area (Å²) < 4.78 is 0. The molecule has 0 aromatic heterocycles. The Hall–Kier alpha value is 0.0700. The van der Waals surface area contributed by atoms with Crippen molar-refractivity contribution in [2.75, 3.05) is 12.8 Å². The van der Waals surface area contributed by atoms with Crippen LogP contribution < -0.4 is 5.73 Å². The predicted molar refractivity (Wildman–Crippen MR) is 89.5 cm³/mol. The molecule has 0 aromatic rings. The molecule has 0 aromatic carbocycles. The zero-order chi connectivity index (χ0) is 13.8. The molecule has 0 bridgehead atoms. The van der Waals surface area contributed by atoms with E-state index in [1.165, 1.54) is 31.4 Å². The summed E-state index contributed by atoms with van der Waals surface area (Å²) in [6.07, 6.45) is 7.72. The number of hydrogen-bond acceptors (Lipinski definition) is 3. The van der Waals surface area contributed by atoms with Crippen LogP contribution in [0.3, 0.4) is 0 Å². The minimum absolute atomic E-state index is 0. The fourth-order valence-electron chi connectivity index (χ4n) is 3.55. The molecule has 2 aliphatic rings. The highest BCUT2D eigenvalue weighted by molar-refractivity contribution is 7.99. The SMILES string of the molecule is CCSC1CCC(N(C)C(=O)C[C@@H]2CCC[C@H]2N)C1.Cl.